The summed E-state index contributed by atoms with van der Waals surface area (Å²) in [6.07, 6.45) is 0. The van der Waals surface area contributed by atoms with Crippen LogP contribution in [0.15, 0.2) is 40.1 Å². The van der Waals surface area contributed by atoms with E-state index in [4.69, 9.17) is 14.2 Å². The lowest BCUT2D eigenvalue weighted by Gasteiger charge is -2.21. The van der Waals surface area contributed by atoms with Gasteiger partial charge >= 0.3 is 0 Å². The molecule has 174 valence electrons. The van der Waals surface area contributed by atoms with Gasteiger partial charge in [-0.3, -0.25) is 14.8 Å². The van der Waals surface area contributed by atoms with Gasteiger partial charge < -0.3 is 24.0 Å². The van der Waals surface area contributed by atoms with E-state index in [1.165, 1.54) is 21.3 Å². The maximum absolute atomic E-state index is 13.0. The Hall–Kier alpha value is -3.75. The molecule has 33 heavy (non-hydrogen) atoms. The Bertz CT molecular complexity index is 1250. The van der Waals surface area contributed by atoms with Crippen LogP contribution in [0.2, 0.25) is 0 Å². The number of aliphatic imine (C=N–C) groups is 1. The number of methoxy groups -OCH3 is 3. The number of nitrogens with one attached hydrogen (secondary N) is 1. The third-order valence-corrected chi connectivity index (χ3v) is 5.77. The fourth-order valence-corrected chi connectivity index (χ4v) is 4.16. The van der Waals surface area contributed by atoms with E-state index in [0.29, 0.717) is 40.6 Å². The minimum atomic E-state index is -0.313. The molecule has 0 saturated heterocycles. The normalized spacial score (nSPS) is 13.2. The molecule has 0 spiro atoms. The maximum atomic E-state index is 13.0. The SMILES string of the molecule is CCN1CCN=C1c1cccc(CN(C)c2nc3cc(OC)c(OC)c(OC)c3c(=O)[nH]2)c1. The van der Waals surface area contributed by atoms with Crippen molar-refractivity contribution in [2.75, 3.05) is 52.9 Å². The van der Waals surface area contributed by atoms with Crippen molar-refractivity contribution in [1.82, 2.24) is 14.9 Å². The highest BCUT2D eigenvalue weighted by atomic mass is 16.5. The van der Waals surface area contributed by atoms with Gasteiger partial charge in [0.1, 0.15) is 11.2 Å². The molecule has 1 N–H and O–H groups in total. The van der Waals surface area contributed by atoms with E-state index in [1.54, 1.807) is 6.07 Å². The van der Waals surface area contributed by atoms with Crippen LogP contribution in [0, 0.1) is 0 Å². The predicted molar refractivity (Wildman–Crippen MR) is 129 cm³/mol. The molecule has 1 aliphatic rings. The number of likely N-dealkylation sites (N-methyl/N-ethyl adjacent to an activating group) is 1. The number of H-pyrrole nitrogens is 1. The zero-order valence-corrected chi connectivity index (χ0v) is 19.6. The first kappa shape index (κ1) is 22.4. The van der Waals surface area contributed by atoms with E-state index in [9.17, 15) is 4.79 Å². The summed E-state index contributed by atoms with van der Waals surface area (Å²) in [4.78, 5) is 29.4. The standard InChI is InChI=1S/C24H29N5O4/c1-6-29-11-10-25-22(29)16-9-7-8-15(12-16)14-28(2)24-26-17-13-18(31-3)20(32-4)21(33-5)19(17)23(30)27-24/h7-9,12-13H,6,10-11,14H2,1-5H3,(H,26,27,30). The molecule has 4 rings (SSSR count). The summed E-state index contributed by atoms with van der Waals surface area (Å²) in [6, 6.07) is 9.99. The van der Waals surface area contributed by atoms with E-state index in [-0.39, 0.29) is 5.56 Å². The molecule has 1 aromatic heterocycles. The first-order valence-corrected chi connectivity index (χ1v) is 10.8. The number of hydrogen-bond acceptors (Lipinski definition) is 8. The lowest BCUT2D eigenvalue weighted by molar-refractivity contribution is 0.327. The van der Waals surface area contributed by atoms with E-state index in [0.717, 1.165) is 36.6 Å². The van der Waals surface area contributed by atoms with Crippen LogP contribution in [-0.2, 0) is 6.54 Å². The van der Waals surface area contributed by atoms with Crippen LogP contribution in [0.1, 0.15) is 18.1 Å². The van der Waals surface area contributed by atoms with E-state index < -0.39 is 0 Å². The average molecular weight is 452 g/mol. The van der Waals surface area contributed by atoms with Gasteiger partial charge in [-0.05, 0) is 18.6 Å². The van der Waals surface area contributed by atoms with Crippen molar-refractivity contribution in [2.24, 2.45) is 4.99 Å². The number of benzene rings is 2. The Balaban J connectivity index is 1.67. The summed E-state index contributed by atoms with van der Waals surface area (Å²) in [7, 11) is 6.41. The van der Waals surface area contributed by atoms with Crippen molar-refractivity contribution in [3.63, 3.8) is 0 Å². The summed E-state index contributed by atoms with van der Waals surface area (Å²) in [5, 5.41) is 0.313. The number of aromatic nitrogens is 2. The fraction of sp³-hybridized carbons (Fsp3) is 0.375. The molecule has 0 amide bonds. The molecule has 0 aliphatic carbocycles. The second kappa shape index (κ2) is 9.40. The first-order valence-electron chi connectivity index (χ1n) is 10.8. The summed E-state index contributed by atoms with van der Waals surface area (Å²) in [5.41, 5.74) is 2.34. The summed E-state index contributed by atoms with van der Waals surface area (Å²) in [5.74, 6) is 2.57. The van der Waals surface area contributed by atoms with Gasteiger partial charge in [0.15, 0.2) is 11.5 Å². The highest BCUT2D eigenvalue weighted by Crippen LogP contribution is 2.41. The average Bonchev–Trinajstić information content (AvgIpc) is 3.31. The number of anilines is 1. The Labute approximate surface area is 192 Å². The van der Waals surface area contributed by atoms with E-state index in [2.05, 4.69) is 45.0 Å². The maximum Gasteiger partial charge on any atom is 0.264 e. The zero-order chi connectivity index (χ0) is 23.5. The lowest BCUT2D eigenvalue weighted by atomic mass is 10.1. The van der Waals surface area contributed by atoms with Crippen LogP contribution in [0.25, 0.3) is 10.9 Å². The van der Waals surface area contributed by atoms with Gasteiger partial charge in [-0.1, -0.05) is 18.2 Å². The summed E-state index contributed by atoms with van der Waals surface area (Å²) < 4.78 is 16.3. The van der Waals surface area contributed by atoms with Gasteiger partial charge in [0.2, 0.25) is 11.7 Å². The molecule has 1 aliphatic heterocycles. The number of fused-ring (bicyclic) bond motifs is 1. The Morgan fingerprint density at radius 3 is 2.61 bits per heavy atom. The van der Waals surface area contributed by atoms with Crippen LogP contribution in [0.5, 0.6) is 17.2 Å². The molecule has 3 aromatic rings. The Kier molecular flexibility index (Phi) is 6.39. The summed E-state index contributed by atoms with van der Waals surface area (Å²) in [6.45, 7) is 5.41. The number of rotatable bonds is 8. The second-order valence-electron chi connectivity index (χ2n) is 7.77. The lowest BCUT2D eigenvalue weighted by Crippen LogP contribution is -2.28. The Morgan fingerprint density at radius 2 is 1.91 bits per heavy atom. The van der Waals surface area contributed by atoms with Gasteiger partial charge in [0.25, 0.3) is 5.56 Å². The van der Waals surface area contributed by atoms with Crippen LogP contribution in [-0.4, -0.2) is 68.7 Å². The van der Waals surface area contributed by atoms with E-state index in [1.807, 2.05) is 18.0 Å². The number of hydrogen-bond donors (Lipinski definition) is 1. The van der Waals surface area contributed by atoms with Gasteiger partial charge in [-0.25, -0.2) is 4.98 Å². The molecule has 9 heteroatoms. The number of ether oxygens (including phenoxy) is 3. The number of aromatic amines is 1. The molecule has 0 fully saturated rings. The van der Waals surface area contributed by atoms with Crippen LogP contribution < -0.4 is 24.7 Å². The third kappa shape index (κ3) is 4.18. The molecule has 0 radical (unpaired) electrons. The smallest absolute Gasteiger partial charge is 0.264 e. The van der Waals surface area contributed by atoms with Crippen molar-refractivity contribution >= 4 is 22.7 Å². The third-order valence-electron chi connectivity index (χ3n) is 5.77. The zero-order valence-electron chi connectivity index (χ0n) is 19.6. The van der Waals surface area contributed by atoms with Crippen LogP contribution >= 0.6 is 0 Å². The summed E-state index contributed by atoms with van der Waals surface area (Å²) >= 11 is 0. The monoisotopic (exact) mass is 451 g/mol. The second-order valence-corrected chi connectivity index (χ2v) is 7.77. The number of amidine groups is 1. The molecule has 2 heterocycles. The first-order chi connectivity index (χ1) is 16.0. The molecule has 2 aromatic carbocycles. The van der Waals surface area contributed by atoms with Gasteiger partial charge in [-0.2, -0.15) is 0 Å². The number of nitrogens with zero attached hydrogens (tertiary/aromatic N) is 4. The van der Waals surface area contributed by atoms with Crippen molar-refractivity contribution in [3.05, 3.63) is 51.8 Å². The quantitative estimate of drug-likeness (QED) is 0.563. The van der Waals surface area contributed by atoms with Crippen molar-refractivity contribution in [1.29, 1.82) is 0 Å². The molecular formula is C24H29N5O4. The van der Waals surface area contributed by atoms with Crippen LogP contribution in [0.4, 0.5) is 5.95 Å². The minimum Gasteiger partial charge on any atom is -0.493 e. The van der Waals surface area contributed by atoms with Gasteiger partial charge in [0, 0.05) is 38.3 Å². The predicted octanol–water partition coefficient (Wildman–Crippen LogP) is 2.67. The Morgan fingerprint density at radius 1 is 1.12 bits per heavy atom. The van der Waals surface area contributed by atoms with Crippen molar-refractivity contribution < 1.29 is 14.2 Å². The largest absolute Gasteiger partial charge is 0.493 e. The highest BCUT2D eigenvalue weighted by molar-refractivity contribution is 6.00. The molecule has 9 nitrogen and oxygen atoms in total. The highest BCUT2D eigenvalue weighted by Gasteiger charge is 2.21. The molecule has 0 atom stereocenters. The van der Waals surface area contributed by atoms with Gasteiger partial charge in [0.05, 0.1) is 33.4 Å². The molecular weight excluding hydrogens is 422 g/mol. The fourth-order valence-electron chi connectivity index (χ4n) is 4.16. The molecule has 0 bridgehead atoms. The molecule has 0 saturated carbocycles. The van der Waals surface area contributed by atoms with Crippen molar-refractivity contribution in [3.8, 4) is 17.2 Å². The van der Waals surface area contributed by atoms with Gasteiger partial charge in [-0.15, -0.1) is 0 Å². The van der Waals surface area contributed by atoms with Crippen molar-refractivity contribution in [2.45, 2.75) is 13.5 Å². The van der Waals surface area contributed by atoms with E-state index >= 15 is 0 Å². The minimum absolute atomic E-state index is 0.292. The topological polar surface area (TPSA) is 92.3 Å². The van der Waals surface area contributed by atoms with Crippen LogP contribution in [0.3, 0.4) is 0 Å². The molecule has 0 unspecified atom stereocenters.